The predicted octanol–water partition coefficient (Wildman–Crippen LogP) is 1.96. The van der Waals surface area contributed by atoms with Crippen LogP contribution in [0.1, 0.15) is 12.8 Å². The molecule has 0 aromatic heterocycles. The summed E-state index contributed by atoms with van der Waals surface area (Å²) in [6.45, 7) is 3.60. The fourth-order valence-corrected chi connectivity index (χ4v) is 0.334. The second kappa shape index (κ2) is 5.04. The average molecular weight is 146 g/mol. The zero-order valence-corrected chi connectivity index (χ0v) is 5.09. The smallest absolute Gasteiger partial charge is 0.0106 e. The Hall–Kier alpha value is 0.0400. The fourth-order valence-electron chi connectivity index (χ4n) is 0.136. The van der Waals surface area contributed by atoms with Crippen molar-refractivity contribution < 1.29 is 0 Å². The molecule has 0 aliphatic rings. The molecule has 0 rings (SSSR count). The van der Waals surface area contributed by atoms with Gasteiger partial charge in [0.25, 0.3) is 0 Å². The minimum atomic E-state index is 0.894. The molecule has 0 nitrogen and oxygen atoms in total. The first-order valence-electron chi connectivity index (χ1n) is 1.79. The molecule has 0 bridgehead atoms. The molecule has 1 heteroatoms. The van der Waals surface area contributed by atoms with E-state index < -0.39 is 0 Å². The van der Waals surface area contributed by atoms with Crippen LogP contribution in [0.4, 0.5) is 0 Å². The first-order valence-corrected chi connectivity index (χ1v) is 2.59. The van der Waals surface area contributed by atoms with Crippen molar-refractivity contribution in [1.29, 1.82) is 0 Å². The zero-order chi connectivity index (χ0) is 4.83. The molecule has 0 spiro atoms. The largest absolute Gasteiger partial charge is 0.0908 e. The molecule has 0 heterocycles. The van der Waals surface area contributed by atoms with Gasteiger partial charge >= 0.3 is 0 Å². The van der Waals surface area contributed by atoms with Gasteiger partial charge in [-0.15, -0.1) is 0 Å². The minimum Gasteiger partial charge on any atom is -0.0908 e. The Kier molecular flexibility index (Phi) is 5.07. The molecule has 0 N–H and O–H groups in total. The van der Waals surface area contributed by atoms with Crippen LogP contribution in [0.15, 0.2) is 0 Å². The summed E-state index contributed by atoms with van der Waals surface area (Å²) in [4.78, 5) is 2.59. The average Bonchev–Trinajstić information content (AvgIpc) is 1.61. The molecule has 33 valence electrons. The second-order valence-corrected chi connectivity index (χ2v) is 1.27. The molecule has 0 saturated carbocycles. The Bertz CT molecular complexity index is 65.7. The van der Waals surface area contributed by atoms with E-state index in [1.807, 2.05) is 0 Å². The molecule has 0 aliphatic carbocycles. The van der Waals surface area contributed by atoms with Crippen molar-refractivity contribution in [3.63, 3.8) is 0 Å². The summed E-state index contributed by atoms with van der Waals surface area (Å²) in [5.41, 5.74) is 0. The van der Waals surface area contributed by atoms with E-state index in [1.165, 1.54) is 0 Å². The zero-order valence-electron chi connectivity index (χ0n) is 3.50. The maximum atomic E-state index is 3.60. The van der Waals surface area contributed by atoms with Crippen molar-refractivity contribution in [2.75, 3.05) is 0 Å². The van der Waals surface area contributed by atoms with Crippen molar-refractivity contribution in [1.82, 2.24) is 0 Å². The molecule has 0 amide bonds. The van der Waals surface area contributed by atoms with Gasteiger partial charge in [-0.2, -0.15) is 0 Å². The number of hydrogen-bond donors (Lipinski definition) is 0. The molecule has 6 heavy (non-hydrogen) atoms. The maximum absolute atomic E-state index is 3.60. The predicted molar refractivity (Wildman–Crippen MR) is 31.3 cm³/mol. The van der Waals surface area contributed by atoms with E-state index in [9.17, 15) is 0 Å². The lowest BCUT2D eigenvalue weighted by Crippen LogP contribution is -1.56. The highest BCUT2D eigenvalue weighted by atomic mass is 79.9. The standard InChI is InChI=1S/C5H6Br/c1-2-3-4-5-6/h1-3H2. The van der Waals surface area contributed by atoms with Crippen LogP contribution in [0.3, 0.4) is 0 Å². The van der Waals surface area contributed by atoms with Crippen LogP contribution in [0.5, 0.6) is 0 Å². The van der Waals surface area contributed by atoms with E-state index in [-0.39, 0.29) is 0 Å². The topological polar surface area (TPSA) is 0 Å². The third kappa shape index (κ3) is 4.04. The Labute approximate surface area is 47.1 Å². The highest BCUT2D eigenvalue weighted by Crippen LogP contribution is 1.81. The summed E-state index contributed by atoms with van der Waals surface area (Å²) in [7, 11) is 0. The van der Waals surface area contributed by atoms with Crippen molar-refractivity contribution in [3.8, 4) is 10.8 Å². The highest BCUT2D eigenvalue weighted by Gasteiger charge is 1.64. The third-order valence-corrected chi connectivity index (χ3v) is 0.649. The molecule has 0 saturated heterocycles. The maximum Gasteiger partial charge on any atom is 0.0106 e. The van der Waals surface area contributed by atoms with Gasteiger partial charge in [0.1, 0.15) is 0 Å². The SMILES string of the molecule is [CH2]CCC#CBr. The minimum absolute atomic E-state index is 0.894. The van der Waals surface area contributed by atoms with E-state index in [4.69, 9.17) is 0 Å². The lowest BCUT2D eigenvalue weighted by Gasteiger charge is -1.70. The van der Waals surface area contributed by atoms with Gasteiger partial charge in [-0.3, -0.25) is 0 Å². The molecule has 0 aromatic carbocycles. The van der Waals surface area contributed by atoms with Crippen LogP contribution in [0.25, 0.3) is 0 Å². The summed E-state index contributed by atoms with van der Waals surface area (Å²) in [5, 5.41) is 0. The molecule has 0 unspecified atom stereocenters. The molecule has 0 fully saturated rings. The van der Waals surface area contributed by atoms with E-state index >= 15 is 0 Å². The monoisotopic (exact) mass is 145 g/mol. The molecule has 1 radical (unpaired) electrons. The number of halogens is 1. The molecular formula is C5H6Br. The lowest BCUT2D eigenvalue weighted by molar-refractivity contribution is 1.08. The number of hydrogen-bond acceptors (Lipinski definition) is 0. The van der Waals surface area contributed by atoms with Gasteiger partial charge in [0.05, 0.1) is 0 Å². The van der Waals surface area contributed by atoms with Crippen LogP contribution >= 0.6 is 15.9 Å². The first kappa shape index (κ1) is 6.04. The van der Waals surface area contributed by atoms with Gasteiger partial charge in [-0.1, -0.05) is 12.8 Å². The van der Waals surface area contributed by atoms with Crippen LogP contribution < -0.4 is 0 Å². The van der Waals surface area contributed by atoms with E-state index in [0.29, 0.717) is 0 Å². The van der Waals surface area contributed by atoms with Gasteiger partial charge in [-0.25, -0.2) is 0 Å². The van der Waals surface area contributed by atoms with Crippen molar-refractivity contribution >= 4 is 15.9 Å². The Morgan fingerprint density at radius 1 is 1.67 bits per heavy atom. The van der Waals surface area contributed by atoms with Crippen molar-refractivity contribution in [2.45, 2.75) is 12.8 Å². The Balaban J connectivity index is 2.79. The molecule has 0 aromatic rings. The van der Waals surface area contributed by atoms with Crippen LogP contribution in [0, 0.1) is 17.7 Å². The summed E-state index contributed by atoms with van der Waals surface area (Å²) in [6, 6.07) is 0. The normalized spacial score (nSPS) is 6.33. The van der Waals surface area contributed by atoms with Gasteiger partial charge in [0.2, 0.25) is 0 Å². The summed E-state index contributed by atoms with van der Waals surface area (Å²) in [5.74, 6) is 2.80. The molecular weight excluding hydrogens is 140 g/mol. The van der Waals surface area contributed by atoms with E-state index in [2.05, 4.69) is 33.6 Å². The third-order valence-electron chi connectivity index (χ3n) is 0.369. The molecule has 0 atom stereocenters. The van der Waals surface area contributed by atoms with Gasteiger partial charge in [0, 0.05) is 22.4 Å². The van der Waals surface area contributed by atoms with Crippen LogP contribution in [-0.2, 0) is 0 Å². The fraction of sp³-hybridized carbons (Fsp3) is 0.400. The van der Waals surface area contributed by atoms with E-state index in [1.54, 1.807) is 0 Å². The molecule has 0 aliphatic heterocycles. The Morgan fingerprint density at radius 3 is 2.50 bits per heavy atom. The lowest BCUT2D eigenvalue weighted by atomic mass is 10.4. The van der Waals surface area contributed by atoms with Crippen molar-refractivity contribution in [3.05, 3.63) is 6.92 Å². The summed E-state index contributed by atoms with van der Waals surface area (Å²) in [6.07, 6.45) is 1.80. The summed E-state index contributed by atoms with van der Waals surface area (Å²) >= 11 is 2.96. The highest BCUT2D eigenvalue weighted by molar-refractivity contribution is 9.12. The first-order chi connectivity index (χ1) is 2.91. The second-order valence-electron chi connectivity index (χ2n) is 0.875. The Morgan fingerprint density at radius 2 is 2.33 bits per heavy atom. The van der Waals surface area contributed by atoms with Gasteiger partial charge in [-0.05, 0) is 11.3 Å². The number of rotatable bonds is 1. The van der Waals surface area contributed by atoms with Crippen LogP contribution in [-0.4, -0.2) is 0 Å². The quantitative estimate of drug-likeness (QED) is 0.496. The van der Waals surface area contributed by atoms with Gasteiger partial charge in [0.15, 0.2) is 0 Å². The van der Waals surface area contributed by atoms with Gasteiger partial charge < -0.3 is 0 Å². The number of unbranched alkanes of at least 4 members (excludes halogenated alkanes) is 1. The van der Waals surface area contributed by atoms with Crippen LogP contribution in [0.2, 0.25) is 0 Å². The van der Waals surface area contributed by atoms with E-state index in [0.717, 1.165) is 12.8 Å². The van der Waals surface area contributed by atoms with Crippen molar-refractivity contribution in [2.24, 2.45) is 0 Å². The summed E-state index contributed by atoms with van der Waals surface area (Å²) < 4.78 is 0.